The Bertz CT molecular complexity index is 287. The number of hydrogen-bond donors (Lipinski definition) is 1. The van der Waals surface area contributed by atoms with Crippen molar-refractivity contribution >= 4 is 11.8 Å². The van der Waals surface area contributed by atoms with E-state index in [0.717, 1.165) is 17.7 Å². The highest BCUT2D eigenvalue weighted by atomic mass is 14.5. The summed E-state index contributed by atoms with van der Waals surface area (Å²) in [4.78, 5) is 0. The van der Waals surface area contributed by atoms with Crippen LogP contribution in [0.3, 0.4) is 0 Å². The minimum Gasteiger partial charge on any atom is -0.398 e. The van der Waals surface area contributed by atoms with E-state index in [1.165, 1.54) is 0 Å². The summed E-state index contributed by atoms with van der Waals surface area (Å²) in [6.45, 7) is 3.63. The van der Waals surface area contributed by atoms with Gasteiger partial charge in [-0.25, -0.2) is 0 Å². The lowest BCUT2D eigenvalue weighted by molar-refractivity contribution is 1.42. The molecule has 0 fully saturated rings. The Morgan fingerprint density at radius 1 is 1.33 bits per heavy atom. The highest BCUT2D eigenvalue weighted by Crippen LogP contribution is 2.12. The molecule has 0 atom stereocenters. The van der Waals surface area contributed by atoms with Crippen LogP contribution in [0.2, 0.25) is 0 Å². The third-order valence-electron chi connectivity index (χ3n) is 1.60. The number of nitrogen functional groups attached to an aromatic ring is 1. The fourth-order valence-electron chi connectivity index (χ4n) is 0.954. The van der Waals surface area contributed by atoms with E-state index in [0.29, 0.717) is 0 Å². The van der Waals surface area contributed by atoms with Gasteiger partial charge in [0.25, 0.3) is 0 Å². The lowest BCUT2D eigenvalue weighted by Crippen LogP contribution is -1.86. The summed E-state index contributed by atoms with van der Waals surface area (Å²) in [5.74, 6) is 0. The number of hydrogen-bond acceptors (Lipinski definition) is 1. The molecule has 0 aliphatic rings. The van der Waals surface area contributed by atoms with Gasteiger partial charge in [-0.1, -0.05) is 36.4 Å². The van der Waals surface area contributed by atoms with Crippen molar-refractivity contribution in [3.63, 3.8) is 0 Å². The molecule has 0 aromatic heterocycles. The summed E-state index contributed by atoms with van der Waals surface area (Å²) < 4.78 is 0. The summed E-state index contributed by atoms with van der Waals surface area (Å²) in [6.07, 6.45) is 6.79. The summed E-state index contributed by atoms with van der Waals surface area (Å²) in [5, 5.41) is 0. The standard InChI is InChI=1S/C11H13N/c1-2-3-4-7-10-8-5-6-9-11(10)12/h2,4-9H,1,3,12H2/b7-4+. The number of para-hydroxylation sites is 1. The van der Waals surface area contributed by atoms with Crippen LogP contribution in [-0.2, 0) is 0 Å². The Balaban J connectivity index is 2.74. The molecule has 0 unspecified atom stereocenters. The van der Waals surface area contributed by atoms with Crippen LogP contribution in [0.15, 0.2) is 43.0 Å². The van der Waals surface area contributed by atoms with E-state index < -0.39 is 0 Å². The molecule has 0 saturated carbocycles. The molecule has 2 N–H and O–H groups in total. The fraction of sp³-hybridized carbons (Fsp3) is 0.0909. The smallest absolute Gasteiger partial charge is 0.0387 e. The van der Waals surface area contributed by atoms with E-state index in [-0.39, 0.29) is 0 Å². The molecule has 1 rings (SSSR count). The molecule has 1 nitrogen and oxygen atoms in total. The number of allylic oxidation sites excluding steroid dienone is 2. The zero-order chi connectivity index (χ0) is 8.81. The monoisotopic (exact) mass is 159 g/mol. The van der Waals surface area contributed by atoms with Crippen LogP contribution in [0, 0.1) is 0 Å². The van der Waals surface area contributed by atoms with Gasteiger partial charge in [0.2, 0.25) is 0 Å². The maximum Gasteiger partial charge on any atom is 0.0387 e. The zero-order valence-corrected chi connectivity index (χ0v) is 7.03. The molecular weight excluding hydrogens is 146 g/mol. The van der Waals surface area contributed by atoms with Crippen molar-refractivity contribution < 1.29 is 0 Å². The van der Waals surface area contributed by atoms with E-state index in [2.05, 4.69) is 6.58 Å². The minimum atomic E-state index is 0.817. The van der Waals surface area contributed by atoms with Gasteiger partial charge >= 0.3 is 0 Å². The summed E-state index contributed by atoms with van der Waals surface area (Å²) in [5.41, 5.74) is 7.61. The molecule has 0 spiro atoms. The first-order chi connectivity index (χ1) is 5.84. The highest BCUT2D eigenvalue weighted by molar-refractivity contribution is 5.64. The largest absolute Gasteiger partial charge is 0.398 e. The van der Waals surface area contributed by atoms with Crippen LogP contribution in [0.5, 0.6) is 0 Å². The van der Waals surface area contributed by atoms with E-state index >= 15 is 0 Å². The molecule has 0 heterocycles. The fourth-order valence-corrected chi connectivity index (χ4v) is 0.954. The summed E-state index contributed by atoms with van der Waals surface area (Å²) in [6, 6.07) is 7.80. The van der Waals surface area contributed by atoms with Crippen molar-refractivity contribution in [3.05, 3.63) is 48.6 Å². The van der Waals surface area contributed by atoms with E-state index in [4.69, 9.17) is 5.73 Å². The van der Waals surface area contributed by atoms with E-state index in [1.54, 1.807) is 0 Å². The van der Waals surface area contributed by atoms with Gasteiger partial charge in [0.05, 0.1) is 0 Å². The van der Waals surface area contributed by atoms with Gasteiger partial charge in [-0.15, -0.1) is 6.58 Å². The van der Waals surface area contributed by atoms with E-state index in [1.807, 2.05) is 42.5 Å². The predicted octanol–water partition coefficient (Wildman–Crippen LogP) is 2.86. The first-order valence-electron chi connectivity index (χ1n) is 3.96. The number of anilines is 1. The van der Waals surface area contributed by atoms with Gasteiger partial charge in [-0.05, 0) is 18.1 Å². The highest BCUT2D eigenvalue weighted by Gasteiger charge is 1.89. The quantitative estimate of drug-likeness (QED) is 0.532. The molecular formula is C11H13N. The lowest BCUT2D eigenvalue weighted by Gasteiger charge is -1.97. The van der Waals surface area contributed by atoms with Crippen LogP contribution >= 0.6 is 0 Å². The second-order valence-electron chi connectivity index (χ2n) is 2.56. The van der Waals surface area contributed by atoms with Crippen molar-refractivity contribution in [2.45, 2.75) is 6.42 Å². The molecule has 0 bridgehead atoms. The Hall–Kier alpha value is -1.50. The molecule has 1 aromatic rings. The lowest BCUT2D eigenvalue weighted by atomic mass is 10.1. The average molecular weight is 159 g/mol. The number of benzene rings is 1. The third kappa shape index (κ3) is 2.27. The Kier molecular flexibility index (Phi) is 3.15. The zero-order valence-electron chi connectivity index (χ0n) is 7.03. The maximum absolute atomic E-state index is 5.73. The van der Waals surface area contributed by atoms with Gasteiger partial charge in [-0.3, -0.25) is 0 Å². The van der Waals surface area contributed by atoms with Gasteiger partial charge in [0, 0.05) is 5.69 Å². The van der Waals surface area contributed by atoms with Crippen LogP contribution in [0.25, 0.3) is 6.08 Å². The van der Waals surface area contributed by atoms with Crippen LogP contribution in [0.4, 0.5) is 5.69 Å². The number of rotatable bonds is 3. The first kappa shape index (κ1) is 8.60. The van der Waals surface area contributed by atoms with Crippen molar-refractivity contribution in [2.75, 3.05) is 5.73 Å². The van der Waals surface area contributed by atoms with Crippen LogP contribution in [0.1, 0.15) is 12.0 Å². The molecule has 0 amide bonds. The minimum absolute atomic E-state index is 0.817. The molecule has 0 saturated heterocycles. The molecule has 1 aromatic carbocycles. The van der Waals surface area contributed by atoms with Crippen LogP contribution < -0.4 is 5.73 Å². The van der Waals surface area contributed by atoms with Gasteiger partial charge < -0.3 is 5.73 Å². The number of nitrogens with two attached hydrogens (primary N) is 1. The second-order valence-corrected chi connectivity index (χ2v) is 2.56. The van der Waals surface area contributed by atoms with Gasteiger partial charge in [-0.2, -0.15) is 0 Å². The van der Waals surface area contributed by atoms with Crippen molar-refractivity contribution in [1.82, 2.24) is 0 Å². The topological polar surface area (TPSA) is 26.0 Å². The summed E-state index contributed by atoms with van der Waals surface area (Å²) >= 11 is 0. The molecule has 0 aliphatic carbocycles. The van der Waals surface area contributed by atoms with Gasteiger partial charge in [0.1, 0.15) is 0 Å². The van der Waals surface area contributed by atoms with Gasteiger partial charge in [0.15, 0.2) is 0 Å². The molecule has 0 radical (unpaired) electrons. The Labute approximate surface area is 73.2 Å². The van der Waals surface area contributed by atoms with Crippen molar-refractivity contribution in [2.24, 2.45) is 0 Å². The maximum atomic E-state index is 5.73. The normalized spacial score (nSPS) is 10.3. The molecule has 1 heteroatoms. The van der Waals surface area contributed by atoms with Crippen molar-refractivity contribution in [3.8, 4) is 0 Å². The average Bonchev–Trinajstić information content (AvgIpc) is 2.09. The predicted molar refractivity (Wildman–Crippen MR) is 54.7 cm³/mol. The summed E-state index contributed by atoms with van der Waals surface area (Å²) in [7, 11) is 0. The molecule has 12 heavy (non-hydrogen) atoms. The molecule has 62 valence electrons. The molecule has 0 aliphatic heterocycles. The third-order valence-corrected chi connectivity index (χ3v) is 1.60. The Morgan fingerprint density at radius 2 is 2.08 bits per heavy atom. The second kappa shape index (κ2) is 4.39. The van der Waals surface area contributed by atoms with Crippen LogP contribution in [-0.4, -0.2) is 0 Å². The van der Waals surface area contributed by atoms with Crippen molar-refractivity contribution in [1.29, 1.82) is 0 Å². The van der Waals surface area contributed by atoms with E-state index in [9.17, 15) is 0 Å². The SMILES string of the molecule is C=CC/C=C/c1ccccc1N. The Morgan fingerprint density at radius 3 is 2.75 bits per heavy atom. The first-order valence-corrected chi connectivity index (χ1v) is 3.96.